The van der Waals surface area contributed by atoms with E-state index in [-0.39, 0.29) is 0 Å². The first-order valence-corrected chi connectivity index (χ1v) is 6.37. The van der Waals surface area contributed by atoms with Crippen LogP contribution < -0.4 is 5.32 Å². The summed E-state index contributed by atoms with van der Waals surface area (Å²) in [7, 11) is 1.73. The monoisotopic (exact) mass is 247 g/mol. The third kappa shape index (κ3) is 4.11. The predicted molar refractivity (Wildman–Crippen MR) is 66.8 cm³/mol. The van der Waals surface area contributed by atoms with Gasteiger partial charge in [-0.05, 0) is 25.5 Å². The van der Waals surface area contributed by atoms with Crippen LogP contribution in [0.2, 0.25) is 4.34 Å². The lowest BCUT2D eigenvalue weighted by Crippen LogP contribution is -2.34. The van der Waals surface area contributed by atoms with Gasteiger partial charge in [-0.25, -0.2) is 0 Å². The Morgan fingerprint density at radius 1 is 1.53 bits per heavy atom. The minimum atomic E-state index is 0.336. The molecule has 0 radical (unpaired) electrons. The maximum Gasteiger partial charge on any atom is 0.0931 e. The van der Waals surface area contributed by atoms with Crippen LogP contribution in [0.15, 0.2) is 12.1 Å². The molecular weight excluding hydrogens is 230 g/mol. The van der Waals surface area contributed by atoms with E-state index in [4.69, 9.17) is 16.3 Å². The molecule has 2 unspecified atom stereocenters. The third-order valence-electron chi connectivity index (χ3n) is 2.37. The number of thiophene rings is 1. The van der Waals surface area contributed by atoms with Gasteiger partial charge >= 0.3 is 0 Å². The molecule has 1 N–H and O–H groups in total. The van der Waals surface area contributed by atoms with Gasteiger partial charge in [0.2, 0.25) is 0 Å². The van der Waals surface area contributed by atoms with Gasteiger partial charge in [0.15, 0.2) is 0 Å². The Bertz CT molecular complexity index is 290. The summed E-state index contributed by atoms with van der Waals surface area (Å²) in [6, 6.07) is 4.76. The topological polar surface area (TPSA) is 21.3 Å². The summed E-state index contributed by atoms with van der Waals surface area (Å²) in [5.41, 5.74) is 0. The molecule has 1 aromatic rings. The molecule has 0 aromatic carbocycles. The van der Waals surface area contributed by atoms with Crippen LogP contribution in [-0.4, -0.2) is 19.8 Å². The number of hydrogen-bond donors (Lipinski definition) is 1. The molecule has 2 nitrogen and oxygen atoms in total. The molecule has 86 valence electrons. The minimum absolute atomic E-state index is 0.336. The number of hydrogen-bond acceptors (Lipinski definition) is 3. The Hall–Kier alpha value is -0.0900. The van der Waals surface area contributed by atoms with Crippen molar-refractivity contribution >= 4 is 22.9 Å². The maximum atomic E-state index is 5.90. The van der Waals surface area contributed by atoms with E-state index in [1.54, 1.807) is 18.4 Å². The Labute approximate surface area is 101 Å². The molecule has 4 heteroatoms. The van der Waals surface area contributed by atoms with E-state index in [9.17, 15) is 0 Å². The van der Waals surface area contributed by atoms with Crippen LogP contribution in [0.5, 0.6) is 0 Å². The standard InChI is InChI=1S/C11H18ClNOS/c1-4-9(7-14-3)13-8(2)10-5-6-11(12)15-10/h5-6,8-9,13H,4,7H2,1-3H3. The molecule has 0 fully saturated rings. The number of ether oxygens (including phenoxy) is 1. The molecule has 0 saturated carbocycles. The summed E-state index contributed by atoms with van der Waals surface area (Å²) >= 11 is 7.53. The van der Waals surface area contributed by atoms with Crippen molar-refractivity contribution in [1.29, 1.82) is 0 Å². The van der Waals surface area contributed by atoms with E-state index in [1.165, 1.54) is 4.88 Å². The Kier molecular flexibility index (Phi) is 5.61. The van der Waals surface area contributed by atoms with Gasteiger partial charge in [0.25, 0.3) is 0 Å². The van der Waals surface area contributed by atoms with E-state index in [0.717, 1.165) is 17.4 Å². The molecule has 0 aliphatic carbocycles. The lowest BCUT2D eigenvalue weighted by Gasteiger charge is -2.20. The molecular formula is C11H18ClNOS. The van der Waals surface area contributed by atoms with Gasteiger partial charge in [-0.2, -0.15) is 0 Å². The first-order valence-electron chi connectivity index (χ1n) is 5.17. The molecule has 0 aliphatic rings. The Morgan fingerprint density at radius 2 is 2.27 bits per heavy atom. The molecule has 0 amide bonds. The van der Waals surface area contributed by atoms with Gasteiger partial charge in [-0.3, -0.25) is 0 Å². The van der Waals surface area contributed by atoms with Crippen molar-refractivity contribution in [1.82, 2.24) is 5.32 Å². The van der Waals surface area contributed by atoms with Crippen LogP contribution in [0, 0.1) is 0 Å². The van der Waals surface area contributed by atoms with Gasteiger partial charge in [0.05, 0.1) is 10.9 Å². The highest BCUT2D eigenvalue weighted by atomic mass is 35.5. The quantitative estimate of drug-likeness (QED) is 0.831. The minimum Gasteiger partial charge on any atom is -0.383 e. The highest BCUT2D eigenvalue weighted by molar-refractivity contribution is 7.16. The van der Waals surface area contributed by atoms with Crippen molar-refractivity contribution in [3.05, 3.63) is 21.3 Å². The molecule has 1 rings (SSSR count). The molecule has 1 aromatic heterocycles. The van der Waals surface area contributed by atoms with Crippen LogP contribution >= 0.6 is 22.9 Å². The van der Waals surface area contributed by atoms with Gasteiger partial charge in [-0.1, -0.05) is 18.5 Å². The van der Waals surface area contributed by atoms with Crippen LogP contribution in [0.4, 0.5) is 0 Å². The van der Waals surface area contributed by atoms with Gasteiger partial charge in [-0.15, -0.1) is 11.3 Å². The largest absolute Gasteiger partial charge is 0.383 e. The highest BCUT2D eigenvalue weighted by Gasteiger charge is 2.12. The molecule has 0 saturated heterocycles. The number of nitrogens with one attached hydrogen (secondary N) is 1. The highest BCUT2D eigenvalue weighted by Crippen LogP contribution is 2.26. The van der Waals surface area contributed by atoms with Gasteiger partial charge in [0.1, 0.15) is 0 Å². The van der Waals surface area contributed by atoms with Crippen molar-refractivity contribution < 1.29 is 4.74 Å². The van der Waals surface area contributed by atoms with Crippen LogP contribution in [0.25, 0.3) is 0 Å². The zero-order chi connectivity index (χ0) is 11.3. The van der Waals surface area contributed by atoms with Crippen molar-refractivity contribution in [3.63, 3.8) is 0 Å². The average molecular weight is 248 g/mol. The summed E-state index contributed by atoms with van der Waals surface area (Å²) in [4.78, 5) is 1.27. The van der Waals surface area contributed by atoms with Crippen molar-refractivity contribution in [3.8, 4) is 0 Å². The summed E-state index contributed by atoms with van der Waals surface area (Å²) in [6.45, 7) is 5.06. The second-order valence-corrected chi connectivity index (χ2v) is 5.34. The fourth-order valence-corrected chi connectivity index (χ4v) is 2.55. The van der Waals surface area contributed by atoms with E-state index >= 15 is 0 Å². The second kappa shape index (κ2) is 6.48. The fourth-order valence-electron chi connectivity index (χ4n) is 1.48. The molecule has 1 heterocycles. The summed E-state index contributed by atoms with van der Waals surface area (Å²) in [5.74, 6) is 0. The summed E-state index contributed by atoms with van der Waals surface area (Å²) < 4.78 is 6.00. The Balaban J connectivity index is 2.50. The van der Waals surface area contributed by atoms with E-state index in [1.807, 2.05) is 6.07 Å². The lowest BCUT2D eigenvalue weighted by atomic mass is 10.2. The third-order valence-corrected chi connectivity index (χ3v) is 3.78. The lowest BCUT2D eigenvalue weighted by molar-refractivity contribution is 0.160. The van der Waals surface area contributed by atoms with E-state index in [0.29, 0.717) is 12.1 Å². The van der Waals surface area contributed by atoms with Gasteiger partial charge < -0.3 is 10.1 Å². The van der Waals surface area contributed by atoms with Gasteiger partial charge in [0, 0.05) is 24.1 Å². The Morgan fingerprint density at radius 3 is 2.73 bits per heavy atom. The molecule has 0 aliphatic heterocycles. The second-order valence-electron chi connectivity index (χ2n) is 3.59. The van der Waals surface area contributed by atoms with Crippen molar-refractivity contribution in [2.45, 2.75) is 32.4 Å². The zero-order valence-corrected chi connectivity index (χ0v) is 11.0. The smallest absolute Gasteiger partial charge is 0.0931 e. The summed E-state index contributed by atoms with van der Waals surface area (Å²) in [6.07, 6.45) is 1.07. The SMILES string of the molecule is CCC(COC)NC(C)c1ccc(Cl)s1. The van der Waals surface area contributed by atoms with Crippen LogP contribution in [-0.2, 0) is 4.74 Å². The van der Waals surface area contributed by atoms with Crippen LogP contribution in [0.1, 0.15) is 31.2 Å². The predicted octanol–water partition coefficient (Wildman–Crippen LogP) is 3.48. The zero-order valence-electron chi connectivity index (χ0n) is 9.42. The number of halogens is 1. The number of rotatable bonds is 6. The molecule has 0 spiro atoms. The molecule has 0 bridgehead atoms. The van der Waals surface area contributed by atoms with Crippen molar-refractivity contribution in [2.24, 2.45) is 0 Å². The fraction of sp³-hybridized carbons (Fsp3) is 0.636. The first kappa shape index (κ1) is 13.0. The summed E-state index contributed by atoms with van der Waals surface area (Å²) in [5, 5.41) is 3.52. The van der Waals surface area contributed by atoms with Crippen LogP contribution in [0.3, 0.4) is 0 Å². The average Bonchev–Trinajstić information content (AvgIpc) is 2.64. The normalized spacial score (nSPS) is 15.2. The maximum absolute atomic E-state index is 5.90. The number of methoxy groups -OCH3 is 1. The van der Waals surface area contributed by atoms with E-state index in [2.05, 4.69) is 25.2 Å². The van der Waals surface area contributed by atoms with Crippen molar-refractivity contribution in [2.75, 3.05) is 13.7 Å². The first-order chi connectivity index (χ1) is 7.17. The van der Waals surface area contributed by atoms with E-state index < -0.39 is 0 Å². The molecule has 15 heavy (non-hydrogen) atoms. The molecule has 2 atom stereocenters.